The van der Waals surface area contributed by atoms with Crippen molar-refractivity contribution in [3.63, 3.8) is 0 Å². The van der Waals surface area contributed by atoms with E-state index in [1.807, 2.05) is 36.1 Å². The highest BCUT2D eigenvalue weighted by atomic mass is 16.7. The van der Waals surface area contributed by atoms with Crippen LogP contribution in [0.1, 0.15) is 30.1 Å². The minimum absolute atomic E-state index is 0.0243. The molecule has 114 valence electrons. The number of piperidine rings is 1. The molecule has 0 N–H and O–H groups in total. The van der Waals surface area contributed by atoms with Crippen molar-refractivity contribution in [2.45, 2.75) is 25.6 Å². The van der Waals surface area contributed by atoms with Crippen molar-refractivity contribution in [1.29, 1.82) is 0 Å². The second kappa shape index (κ2) is 6.03. The zero-order valence-electron chi connectivity index (χ0n) is 12.3. The van der Waals surface area contributed by atoms with Gasteiger partial charge >= 0.3 is 0 Å². The monoisotopic (exact) mass is 291 g/mol. The summed E-state index contributed by atoms with van der Waals surface area (Å²) in [6.07, 6.45) is 1.77. The molecule has 0 radical (unpaired) electrons. The number of rotatable bonds is 3. The van der Waals surface area contributed by atoms with E-state index in [4.69, 9.17) is 14.2 Å². The van der Waals surface area contributed by atoms with Crippen LogP contribution in [-0.2, 0) is 9.47 Å². The highest BCUT2D eigenvalue weighted by molar-refractivity contribution is 5.94. The summed E-state index contributed by atoms with van der Waals surface area (Å²) in [7, 11) is 0. The van der Waals surface area contributed by atoms with E-state index in [9.17, 15) is 4.79 Å². The van der Waals surface area contributed by atoms with Crippen molar-refractivity contribution in [3.05, 3.63) is 29.8 Å². The first-order valence-electron chi connectivity index (χ1n) is 7.52. The highest BCUT2D eigenvalue weighted by Crippen LogP contribution is 2.30. The number of carbonyl (C=O) groups is 1. The van der Waals surface area contributed by atoms with E-state index in [0.29, 0.717) is 31.9 Å². The summed E-state index contributed by atoms with van der Waals surface area (Å²) in [4.78, 5) is 14.4. The summed E-state index contributed by atoms with van der Waals surface area (Å²) >= 11 is 0. The Bertz CT molecular complexity index is 494. The van der Waals surface area contributed by atoms with Crippen LogP contribution < -0.4 is 4.74 Å². The number of nitrogens with zero attached hydrogens (tertiary/aromatic N) is 1. The van der Waals surface area contributed by atoms with E-state index in [0.717, 1.165) is 25.1 Å². The molecule has 5 nitrogen and oxygen atoms in total. The second-order valence-corrected chi connectivity index (χ2v) is 5.40. The fourth-order valence-electron chi connectivity index (χ4n) is 2.94. The van der Waals surface area contributed by atoms with Crippen LogP contribution in [0.4, 0.5) is 0 Å². The molecule has 21 heavy (non-hydrogen) atoms. The average molecular weight is 291 g/mol. The van der Waals surface area contributed by atoms with Gasteiger partial charge in [-0.2, -0.15) is 0 Å². The van der Waals surface area contributed by atoms with Crippen molar-refractivity contribution in [2.24, 2.45) is 0 Å². The summed E-state index contributed by atoms with van der Waals surface area (Å²) in [5.74, 6) is 0.238. The topological polar surface area (TPSA) is 48.0 Å². The molecule has 0 saturated carbocycles. The molecular formula is C16H21NO4. The molecule has 2 aliphatic heterocycles. The van der Waals surface area contributed by atoms with E-state index in [2.05, 4.69) is 0 Å². The molecule has 0 atom stereocenters. The third kappa shape index (κ3) is 3.04. The molecule has 0 bridgehead atoms. The molecule has 1 amide bonds. The van der Waals surface area contributed by atoms with E-state index in [1.54, 1.807) is 0 Å². The molecule has 1 aromatic rings. The van der Waals surface area contributed by atoms with Gasteiger partial charge in [-0.15, -0.1) is 0 Å². The summed E-state index contributed by atoms with van der Waals surface area (Å²) in [5, 5.41) is 0. The van der Waals surface area contributed by atoms with Crippen LogP contribution in [0.25, 0.3) is 0 Å². The predicted molar refractivity (Wildman–Crippen MR) is 77.4 cm³/mol. The Morgan fingerprint density at radius 2 is 2.00 bits per heavy atom. The van der Waals surface area contributed by atoms with Gasteiger partial charge in [0.05, 0.1) is 26.4 Å². The van der Waals surface area contributed by atoms with Gasteiger partial charge in [-0.1, -0.05) is 0 Å². The van der Waals surface area contributed by atoms with E-state index in [1.165, 1.54) is 0 Å². The molecule has 1 aromatic carbocycles. The molecule has 2 heterocycles. The Morgan fingerprint density at radius 1 is 1.29 bits per heavy atom. The fourth-order valence-corrected chi connectivity index (χ4v) is 2.94. The molecule has 2 aliphatic rings. The lowest BCUT2D eigenvalue weighted by Gasteiger charge is -2.38. The van der Waals surface area contributed by atoms with Gasteiger partial charge in [0.1, 0.15) is 5.75 Å². The van der Waals surface area contributed by atoms with Crippen molar-refractivity contribution >= 4 is 5.91 Å². The average Bonchev–Trinajstić information content (AvgIpc) is 2.95. The lowest BCUT2D eigenvalue weighted by Crippen LogP contribution is -2.51. The molecule has 3 rings (SSSR count). The number of likely N-dealkylation sites (tertiary alicyclic amines) is 1. The van der Waals surface area contributed by atoms with Gasteiger partial charge in [0.15, 0.2) is 5.79 Å². The summed E-state index contributed by atoms with van der Waals surface area (Å²) < 4.78 is 16.8. The van der Waals surface area contributed by atoms with Gasteiger partial charge in [0.2, 0.25) is 0 Å². The second-order valence-electron chi connectivity index (χ2n) is 5.40. The Morgan fingerprint density at radius 3 is 2.67 bits per heavy atom. The van der Waals surface area contributed by atoms with Gasteiger partial charge in [0.25, 0.3) is 5.91 Å². The molecular weight excluding hydrogens is 270 g/mol. The number of hydrogen-bond donors (Lipinski definition) is 0. The fraction of sp³-hybridized carbons (Fsp3) is 0.562. The number of carbonyl (C=O) groups excluding carboxylic acids is 1. The quantitative estimate of drug-likeness (QED) is 0.855. The molecule has 2 fully saturated rings. The Labute approximate surface area is 124 Å². The molecule has 5 heteroatoms. The summed E-state index contributed by atoms with van der Waals surface area (Å²) in [5.41, 5.74) is 0.675. The Hall–Kier alpha value is -1.59. The maximum atomic E-state index is 12.6. The van der Waals surface area contributed by atoms with E-state index in [-0.39, 0.29) is 5.91 Å². The van der Waals surface area contributed by atoms with Crippen LogP contribution in [-0.4, -0.2) is 49.5 Å². The summed E-state index contributed by atoms with van der Waals surface area (Å²) in [6, 6.07) is 7.29. The van der Waals surface area contributed by atoms with Crippen LogP contribution in [0, 0.1) is 0 Å². The minimum atomic E-state index is -0.570. The highest BCUT2D eigenvalue weighted by Gasteiger charge is 2.42. The SMILES string of the molecule is CCOc1ccc(C(=O)N2CCCC3(C2)OCCO3)cc1. The molecule has 0 aromatic heterocycles. The lowest BCUT2D eigenvalue weighted by molar-refractivity contribution is -0.183. The third-order valence-electron chi connectivity index (χ3n) is 3.93. The normalized spacial score (nSPS) is 20.7. The van der Waals surface area contributed by atoms with Crippen LogP contribution >= 0.6 is 0 Å². The van der Waals surface area contributed by atoms with Crippen LogP contribution in [0.5, 0.6) is 5.75 Å². The number of ether oxygens (including phenoxy) is 3. The Kier molecular flexibility index (Phi) is 4.12. The van der Waals surface area contributed by atoms with Crippen molar-refractivity contribution in [2.75, 3.05) is 32.9 Å². The number of hydrogen-bond acceptors (Lipinski definition) is 4. The first kappa shape index (κ1) is 14.4. The maximum Gasteiger partial charge on any atom is 0.254 e. The minimum Gasteiger partial charge on any atom is -0.494 e. The zero-order chi connectivity index (χ0) is 14.7. The number of amides is 1. The van der Waals surface area contributed by atoms with E-state index >= 15 is 0 Å². The van der Waals surface area contributed by atoms with Gasteiger partial charge < -0.3 is 19.1 Å². The maximum absolute atomic E-state index is 12.6. The predicted octanol–water partition coefficient (Wildman–Crippen LogP) is 2.06. The van der Waals surface area contributed by atoms with Crippen molar-refractivity contribution < 1.29 is 19.0 Å². The molecule has 1 spiro atoms. The Balaban J connectivity index is 1.69. The molecule has 2 saturated heterocycles. The number of benzene rings is 1. The first-order chi connectivity index (χ1) is 10.2. The standard InChI is InChI=1S/C16H21NO4/c1-2-19-14-6-4-13(5-7-14)15(18)17-9-3-8-16(12-17)20-10-11-21-16/h4-7H,2-3,8-12H2,1H3. The van der Waals surface area contributed by atoms with Gasteiger partial charge in [0, 0.05) is 18.5 Å². The molecule has 0 aliphatic carbocycles. The largest absolute Gasteiger partial charge is 0.494 e. The van der Waals surface area contributed by atoms with Gasteiger partial charge in [-0.05, 0) is 37.6 Å². The van der Waals surface area contributed by atoms with E-state index < -0.39 is 5.79 Å². The molecule has 0 unspecified atom stereocenters. The van der Waals surface area contributed by atoms with Crippen molar-refractivity contribution in [3.8, 4) is 5.75 Å². The first-order valence-corrected chi connectivity index (χ1v) is 7.52. The van der Waals surface area contributed by atoms with Gasteiger partial charge in [-0.25, -0.2) is 0 Å². The lowest BCUT2D eigenvalue weighted by atomic mass is 10.0. The van der Waals surface area contributed by atoms with Crippen molar-refractivity contribution in [1.82, 2.24) is 4.90 Å². The van der Waals surface area contributed by atoms with Crippen LogP contribution in [0.2, 0.25) is 0 Å². The zero-order valence-corrected chi connectivity index (χ0v) is 12.3. The van der Waals surface area contributed by atoms with Crippen LogP contribution in [0.3, 0.4) is 0 Å². The smallest absolute Gasteiger partial charge is 0.254 e. The van der Waals surface area contributed by atoms with Gasteiger partial charge in [-0.3, -0.25) is 4.79 Å². The summed E-state index contributed by atoms with van der Waals surface area (Å²) in [6.45, 7) is 5.06. The van der Waals surface area contributed by atoms with Crippen LogP contribution in [0.15, 0.2) is 24.3 Å². The third-order valence-corrected chi connectivity index (χ3v) is 3.93.